The summed E-state index contributed by atoms with van der Waals surface area (Å²) in [7, 11) is -1.77. The number of sulfonamides is 1. The fraction of sp³-hybridized carbons (Fsp3) is 0.278. The van der Waals surface area contributed by atoms with Gasteiger partial charge in [0.25, 0.3) is 0 Å². The molecule has 0 amide bonds. The number of thiophene rings is 1. The SMILES string of the molecule is Cc1ccccc1OCC(C)NS(=O)(=O)c1ccc(-c2cnn(C)c2)s1. The molecule has 3 rings (SSSR count). The van der Waals surface area contributed by atoms with Crippen LogP contribution in [-0.4, -0.2) is 30.8 Å². The van der Waals surface area contributed by atoms with E-state index in [0.29, 0.717) is 0 Å². The molecule has 26 heavy (non-hydrogen) atoms. The van der Waals surface area contributed by atoms with Gasteiger partial charge >= 0.3 is 0 Å². The monoisotopic (exact) mass is 391 g/mol. The summed E-state index contributed by atoms with van der Waals surface area (Å²) >= 11 is 1.22. The van der Waals surface area contributed by atoms with Gasteiger partial charge in [-0.2, -0.15) is 5.10 Å². The third kappa shape index (κ3) is 4.32. The van der Waals surface area contributed by atoms with Crippen LogP contribution in [0.15, 0.2) is 53.0 Å². The number of benzene rings is 1. The topological polar surface area (TPSA) is 73.2 Å². The van der Waals surface area contributed by atoms with Gasteiger partial charge < -0.3 is 4.74 Å². The Labute approximate surface area is 157 Å². The van der Waals surface area contributed by atoms with Crippen molar-refractivity contribution in [2.75, 3.05) is 6.61 Å². The first-order valence-corrected chi connectivity index (χ1v) is 10.4. The predicted molar refractivity (Wildman–Crippen MR) is 103 cm³/mol. The predicted octanol–water partition coefficient (Wildman–Crippen LogP) is 3.20. The molecule has 6 nitrogen and oxygen atoms in total. The van der Waals surface area contributed by atoms with E-state index >= 15 is 0 Å². The number of rotatable bonds is 7. The molecule has 1 unspecified atom stereocenters. The molecule has 1 atom stereocenters. The number of ether oxygens (including phenoxy) is 1. The summed E-state index contributed by atoms with van der Waals surface area (Å²) in [4.78, 5) is 0.863. The molecule has 2 aromatic heterocycles. The first kappa shape index (κ1) is 18.6. The Morgan fingerprint density at radius 1 is 1.27 bits per heavy atom. The smallest absolute Gasteiger partial charge is 0.250 e. The molecule has 1 aromatic carbocycles. The van der Waals surface area contributed by atoms with Gasteiger partial charge in [0.2, 0.25) is 10.0 Å². The third-order valence-corrected chi connectivity index (χ3v) is 6.99. The molecule has 3 aromatic rings. The van der Waals surface area contributed by atoms with Crippen molar-refractivity contribution in [3.05, 3.63) is 54.4 Å². The number of hydrogen-bond donors (Lipinski definition) is 1. The Morgan fingerprint density at radius 3 is 2.73 bits per heavy atom. The van der Waals surface area contributed by atoms with Gasteiger partial charge in [-0.15, -0.1) is 11.3 Å². The highest BCUT2D eigenvalue weighted by atomic mass is 32.2. The van der Waals surface area contributed by atoms with Crippen LogP contribution in [0.5, 0.6) is 5.75 Å². The van der Waals surface area contributed by atoms with Crippen LogP contribution in [-0.2, 0) is 17.1 Å². The molecule has 138 valence electrons. The number of aromatic nitrogens is 2. The summed E-state index contributed by atoms with van der Waals surface area (Å²) in [5, 5.41) is 4.11. The van der Waals surface area contributed by atoms with Crippen molar-refractivity contribution in [3.63, 3.8) is 0 Å². The van der Waals surface area contributed by atoms with E-state index in [0.717, 1.165) is 21.8 Å². The van der Waals surface area contributed by atoms with Crippen molar-refractivity contribution >= 4 is 21.4 Å². The Morgan fingerprint density at radius 2 is 2.04 bits per heavy atom. The fourth-order valence-corrected chi connectivity index (χ4v) is 4.98. The molecule has 0 aliphatic heterocycles. The summed E-state index contributed by atoms with van der Waals surface area (Å²) in [6.45, 7) is 3.99. The van der Waals surface area contributed by atoms with Crippen molar-refractivity contribution in [1.29, 1.82) is 0 Å². The average Bonchev–Trinajstić information content (AvgIpc) is 3.23. The van der Waals surface area contributed by atoms with E-state index < -0.39 is 10.0 Å². The van der Waals surface area contributed by atoms with Gasteiger partial charge in [0.15, 0.2) is 0 Å². The van der Waals surface area contributed by atoms with Crippen LogP contribution in [0.1, 0.15) is 12.5 Å². The summed E-state index contributed by atoms with van der Waals surface area (Å²) < 4.78 is 35.5. The molecule has 2 heterocycles. The number of aryl methyl sites for hydroxylation is 2. The van der Waals surface area contributed by atoms with Crippen LogP contribution in [0.2, 0.25) is 0 Å². The molecule has 8 heteroatoms. The van der Waals surface area contributed by atoms with Crippen molar-refractivity contribution in [1.82, 2.24) is 14.5 Å². The molecule has 0 aliphatic carbocycles. The van der Waals surface area contributed by atoms with E-state index in [2.05, 4.69) is 9.82 Å². The lowest BCUT2D eigenvalue weighted by Crippen LogP contribution is -2.36. The van der Waals surface area contributed by atoms with E-state index in [1.807, 2.05) is 44.4 Å². The highest BCUT2D eigenvalue weighted by Gasteiger charge is 2.20. The van der Waals surface area contributed by atoms with E-state index in [4.69, 9.17) is 4.74 Å². The number of nitrogens with one attached hydrogen (secondary N) is 1. The zero-order valence-electron chi connectivity index (χ0n) is 14.8. The molecule has 0 radical (unpaired) electrons. The highest BCUT2D eigenvalue weighted by molar-refractivity contribution is 7.91. The van der Waals surface area contributed by atoms with Crippen LogP contribution in [0.3, 0.4) is 0 Å². The number of hydrogen-bond acceptors (Lipinski definition) is 5. The first-order valence-electron chi connectivity index (χ1n) is 8.15. The van der Waals surface area contributed by atoms with Crippen LogP contribution >= 0.6 is 11.3 Å². The lowest BCUT2D eigenvalue weighted by atomic mass is 10.2. The second-order valence-corrected chi connectivity index (χ2v) is 9.14. The second-order valence-electron chi connectivity index (χ2n) is 6.12. The summed E-state index contributed by atoms with van der Waals surface area (Å²) in [5.74, 6) is 0.758. The standard InChI is InChI=1S/C18H21N3O3S2/c1-13-6-4-5-7-16(13)24-12-14(2)20-26(22,23)18-9-8-17(25-18)15-10-19-21(3)11-15/h4-11,14,20H,12H2,1-3H3. The van der Waals surface area contributed by atoms with Crippen molar-refractivity contribution in [2.45, 2.75) is 24.1 Å². The van der Waals surface area contributed by atoms with Crippen LogP contribution in [0.4, 0.5) is 0 Å². The molecule has 0 aliphatic rings. The fourth-order valence-electron chi connectivity index (χ4n) is 2.46. The van der Waals surface area contributed by atoms with E-state index in [-0.39, 0.29) is 16.9 Å². The third-order valence-electron chi connectivity index (χ3n) is 3.77. The van der Waals surface area contributed by atoms with Crippen LogP contribution < -0.4 is 9.46 Å². The molecular weight excluding hydrogens is 370 g/mol. The lowest BCUT2D eigenvalue weighted by Gasteiger charge is -2.15. The number of para-hydroxylation sites is 1. The lowest BCUT2D eigenvalue weighted by molar-refractivity contribution is 0.286. The van der Waals surface area contributed by atoms with E-state index in [9.17, 15) is 8.42 Å². The van der Waals surface area contributed by atoms with Crippen molar-refractivity contribution < 1.29 is 13.2 Å². The quantitative estimate of drug-likeness (QED) is 0.671. The van der Waals surface area contributed by atoms with Gasteiger partial charge in [-0.3, -0.25) is 4.68 Å². The molecular formula is C18H21N3O3S2. The van der Waals surface area contributed by atoms with Crippen molar-refractivity contribution in [3.8, 4) is 16.2 Å². The molecule has 1 N–H and O–H groups in total. The van der Waals surface area contributed by atoms with Crippen LogP contribution in [0, 0.1) is 6.92 Å². The minimum absolute atomic E-state index is 0.255. The van der Waals surface area contributed by atoms with Gasteiger partial charge in [0.05, 0.1) is 12.2 Å². The van der Waals surface area contributed by atoms with Crippen LogP contribution in [0.25, 0.3) is 10.4 Å². The molecule has 0 fully saturated rings. The maximum atomic E-state index is 12.6. The minimum Gasteiger partial charge on any atom is -0.492 e. The maximum Gasteiger partial charge on any atom is 0.250 e. The summed E-state index contributed by atoms with van der Waals surface area (Å²) in [5.41, 5.74) is 1.91. The first-order chi connectivity index (χ1) is 12.3. The molecule has 0 saturated carbocycles. The Bertz CT molecular complexity index is 993. The zero-order valence-corrected chi connectivity index (χ0v) is 16.5. The Balaban J connectivity index is 1.65. The largest absolute Gasteiger partial charge is 0.492 e. The minimum atomic E-state index is -3.59. The highest BCUT2D eigenvalue weighted by Crippen LogP contribution is 2.30. The maximum absolute atomic E-state index is 12.6. The number of nitrogens with zero attached hydrogens (tertiary/aromatic N) is 2. The average molecular weight is 392 g/mol. The van der Waals surface area contributed by atoms with Gasteiger partial charge in [-0.05, 0) is 37.6 Å². The molecule has 0 bridgehead atoms. The van der Waals surface area contributed by atoms with Gasteiger partial charge in [0, 0.05) is 23.7 Å². The normalized spacial score (nSPS) is 12.9. The van der Waals surface area contributed by atoms with Gasteiger partial charge in [-0.25, -0.2) is 13.1 Å². The molecule has 0 spiro atoms. The van der Waals surface area contributed by atoms with Gasteiger partial charge in [0.1, 0.15) is 16.6 Å². The van der Waals surface area contributed by atoms with Crippen molar-refractivity contribution in [2.24, 2.45) is 7.05 Å². The molecule has 0 saturated heterocycles. The summed E-state index contributed by atoms with van der Waals surface area (Å²) in [6, 6.07) is 10.7. The van der Waals surface area contributed by atoms with Gasteiger partial charge in [-0.1, -0.05) is 18.2 Å². The Kier molecular flexibility index (Phi) is 5.45. The Hall–Kier alpha value is -2.16. The van der Waals surface area contributed by atoms with E-state index in [1.54, 1.807) is 29.9 Å². The second kappa shape index (κ2) is 7.61. The summed E-state index contributed by atoms with van der Waals surface area (Å²) in [6.07, 6.45) is 3.57. The zero-order chi connectivity index (χ0) is 18.7. The van der Waals surface area contributed by atoms with E-state index in [1.165, 1.54) is 11.3 Å².